The van der Waals surface area contributed by atoms with E-state index < -0.39 is 0 Å². The maximum Gasteiger partial charge on any atom is 0.119 e. The van der Waals surface area contributed by atoms with Gasteiger partial charge < -0.3 is 10.1 Å². The van der Waals surface area contributed by atoms with Crippen LogP contribution in [0.15, 0.2) is 29.6 Å². The van der Waals surface area contributed by atoms with Crippen molar-refractivity contribution in [1.29, 1.82) is 0 Å². The average molecular weight is 308 g/mol. The van der Waals surface area contributed by atoms with Crippen molar-refractivity contribution in [2.45, 2.75) is 31.9 Å². The maximum absolute atomic E-state index is 6.39. The molecular formula is C16H18ClNOS. The Morgan fingerprint density at radius 2 is 2.00 bits per heavy atom. The normalized spacial score (nSPS) is 16.1. The molecule has 1 heterocycles. The van der Waals surface area contributed by atoms with Crippen LogP contribution in [0.1, 0.15) is 34.9 Å². The van der Waals surface area contributed by atoms with E-state index in [1.54, 1.807) is 11.3 Å². The molecule has 1 aliphatic carbocycles. The van der Waals surface area contributed by atoms with Crippen LogP contribution in [0.4, 0.5) is 0 Å². The lowest BCUT2D eigenvalue weighted by Gasteiger charge is -2.16. The second kappa shape index (κ2) is 5.76. The first kappa shape index (κ1) is 13.9. The Balaban J connectivity index is 1.83. The highest BCUT2D eigenvalue weighted by atomic mass is 35.5. The van der Waals surface area contributed by atoms with E-state index in [4.69, 9.17) is 16.3 Å². The van der Waals surface area contributed by atoms with Gasteiger partial charge in [0.2, 0.25) is 0 Å². The van der Waals surface area contributed by atoms with Crippen LogP contribution in [0.5, 0.6) is 5.75 Å². The fourth-order valence-electron chi connectivity index (χ4n) is 2.21. The summed E-state index contributed by atoms with van der Waals surface area (Å²) in [6.07, 6.45) is 2.81. The molecule has 2 aromatic rings. The third-order valence-corrected chi connectivity index (χ3v) is 5.30. The van der Waals surface area contributed by atoms with Crippen molar-refractivity contribution in [3.05, 3.63) is 50.7 Å². The Bertz CT molecular complexity index is 589. The van der Waals surface area contributed by atoms with Crippen molar-refractivity contribution in [3.8, 4) is 5.75 Å². The number of thiophene rings is 1. The molecule has 1 unspecified atom stereocenters. The topological polar surface area (TPSA) is 21.3 Å². The Morgan fingerprint density at radius 3 is 2.50 bits per heavy atom. The molecule has 0 radical (unpaired) electrons. The summed E-state index contributed by atoms with van der Waals surface area (Å²) < 4.78 is 5.78. The number of aryl methyl sites for hydroxylation is 1. The van der Waals surface area contributed by atoms with Crippen molar-refractivity contribution in [2.24, 2.45) is 0 Å². The molecule has 1 aliphatic rings. The fourth-order valence-corrected chi connectivity index (χ4v) is 3.65. The molecule has 2 nitrogen and oxygen atoms in total. The molecule has 3 rings (SSSR count). The first-order chi connectivity index (χ1) is 9.69. The summed E-state index contributed by atoms with van der Waals surface area (Å²) in [5.41, 5.74) is 2.35. The Morgan fingerprint density at radius 1 is 1.30 bits per heavy atom. The number of hydrogen-bond acceptors (Lipinski definition) is 3. The minimum absolute atomic E-state index is 0.135. The molecule has 0 amide bonds. The van der Waals surface area contributed by atoms with Gasteiger partial charge in [-0.05, 0) is 55.5 Å². The van der Waals surface area contributed by atoms with E-state index in [0.717, 1.165) is 16.3 Å². The van der Waals surface area contributed by atoms with E-state index in [-0.39, 0.29) is 6.04 Å². The van der Waals surface area contributed by atoms with Crippen LogP contribution < -0.4 is 10.1 Å². The van der Waals surface area contributed by atoms with Crippen LogP contribution >= 0.6 is 22.9 Å². The number of halogens is 1. The molecule has 0 saturated heterocycles. The van der Waals surface area contributed by atoms with Crippen molar-refractivity contribution < 1.29 is 4.74 Å². The molecule has 0 spiro atoms. The molecule has 20 heavy (non-hydrogen) atoms. The number of nitrogens with one attached hydrogen (secondary N) is 1. The smallest absolute Gasteiger partial charge is 0.119 e. The molecule has 1 fully saturated rings. The molecule has 0 bridgehead atoms. The third kappa shape index (κ3) is 2.85. The minimum Gasteiger partial charge on any atom is -0.490 e. The molecule has 1 aromatic heterocycles. The summed E-state index contributed by atoms with van der Waals surface area (Å²) >= 11 is 8.09. The summed E-state index contributed by atoms with van der Waals surface area (Å²) in [6, 6.07) is 8.46. The Kier molecular flexibility index (Phi) is 4.01. The Labute approximate surface area is 128 Å². The van der Waals surface area contributed by atoms with Gasteiger partial charge in [-0.1, -0.05) is 23.7 Å². The van der Waals surface area contributed by atoms with Gasteiger partial charge in [0.05, 0.1) is 17.2 Å². The van der Waals surface area contributed by atoms with Gasteiger partial charge in [-0.15, -0.1) is 11.3 Å². The maximum atomic E-state index is 6.39. The molecule has 1 atom stereocenters. The van der Waals surface area contributed by atoms with Crippen molar-refractivity contribution in [3.63, 3.8) is 0 Å². The zero-order valence-corrected chi connectivity index (χ0v) is 13.2. The minimum atomic E-state index is 0.135. The number of hydrogen-bond donors (Lipinski definition) is 1. The molecule has 1 saturated carbocycles. The van der Waals surface area contributed by atoms with Gasteiger partial charge in [0.15, 0.2) is 0 Å². The number of rotatable bonds is 5. The van der Waals surface area contributed by atoms with Gasteiger partial charge in [0.1, 0.15) is 5.75 Å². The highest BCUT2D eigenvalue weighted by molar-refractivity contribution is 7.10. The van der Waals surface area contributed by atoms with Gasteiger partial charge in [0.25, 0.3) is 0 Å². The van der Waals surface area contributed by atoms with E-state index in [1.165, 1.54) is 23.3 Å². The molecule has 0 aliphatic heterocycles. The summed E-state index contributed by atoms with van der Waals surface area (Å²) in [4.78, 5) is 1.17. The predicted octanol–water partition coefficient (Wildman–Crippen LogP) is 4.56. The summed E-state index contributed by atoms with van der Waals surface area (Å²) in [7, 11) is 1.96. The molecule has 1 aromatic carbocycles. The number of benzene rings is 1. The van der Waals surface area contributed by atoms with E-state index >= 15 is 0 Å². The van der Waals surface area contributed by atoms with Gasteiger partial charge in [-0.3, -0.25) is 0 Å². The second-order valence-electron chi connectivity index (χ2n) is 5.20. The second-order valence-corrected chi connectivity index (χ2v) is 6.49. The molecular weight excluding hydrogens is 290 g/mol. The lowest BCUT2D eigenvalue weighted by atomic mass is 10.0. The van der Waals surface area contributed by atoms with Crippen LogP contribution in [-0.2, 0) is 0 Å². The van der Waals surface area contributed by atoms with Crippen LogP contribution in [-0.4, -0.2) is 13.2 Å². The van der Waals surface area contributed by atoms with E-state index in [1.807, 2.05) is 26.1 Å². The summed E-state index contributed by atoms with van der Waals surface area (Å²) in [6.45, 7) is 2.04. The molecule has 106 valence electrons. The average Bonchev–Trinajstić information content (AvgIpc) is 3.22. The SMILES string of the molecule is CNC(c1ccc(OC2CC2)cc1)c1scc(C)c1Cl. The van der Waals surface area contributed by atoms with E-state index in [0.29, 0.717) is 6.10 Å². The van der Waals surface area contributed by atoms with Gasteiger partial charge in [0, 0.05) is 4.88 Å². The zero-order chi connectivity index (χ0) is 14.1. The van der Waals surface area contributed by atoms with Gasteiger partial charge >= 0.3 is 0 Å². The molecule has 4 heteroatoms. The van der Waals surface area contributed by atoms with E-state index in [9.17, 15) is 0 Å². The molecule has 1 N–H and O–H groups in total. The van der Waals surface area contributed by atoms with Crippen LogP contribution in [0.3, 0.4) is 0 Å². The Hall–Kier alpha value is -1.03. The fraction of sp³-hybridized carbons (Fsp3) is 0.375. The monoisotopic (exact) mass is 307 g/mol. The first-order valence-corrected chi connectivity index (χ1v) is 8.12. The third-order valence-electron chi connectivity index (χ3n) is 3.52. The van der Waals surface area contributed by atoms with Gasteiger partial charge in [-0.2, -0.15) is 0 Å². The van der Waals surface area contributed by atoms with Crippen LogP contribution in [0.2, 0.25) is 5.02 Å². The van der Waals surface area contributed by atoms with Gasteiger partial charge in [-0.25, -0.2) is 0 Å². The van der Waals surface area contributed by atoms with E-state index in [2.05, 4.69) is 22.8 Å². The summed E-state index contributed by atoms with van der Waals surface area (Å²) in [5.74, 6) is 0.958. The number of ether oxygens (including phenoxy) is 1. The van der Waals surface area contributed by atoms with Crippen LogP contribution in [0, 0.1) is 6.92 Å². The van der Waals surface area contributed by atoms with Crippen molar-refractivity contribution in [1.82, 2.24) is 5.32 Å². The highest BCUT2D eigenvalue weighted by Crippen LogP contribution is 2.36. The quantitative estimate of drug-likeness (QED) is 0.874. The highest BCUT2D eigenvalue weighted by Gasteiger charge is 2.24. The van der Waals surface area contributed by atoms with Crippen molar-refractivity contribution in [2.75, 3.05) is 7.05 Å². The predicted molar refractivity (Wildman–Crippen MR) is 85.1 cm³/mol. The largest absolute Gasteiger partial charge is 0.490 e. The first-order valence-electron chi connectivity index (χ1n) is 6.86. The lowest BCUT2D eigenvalue weighted by molar-refractivity contribution is 0.303. The van der Waals surface area contributed by atoms with Crippen LogP contribution in [0.25, 0.3) is 0 Å². The standard InChI is InChI=1S/C16H18ClNOS/c1-10-9-20-16(14(10)17)15(18-2)11-3-5-12(6-4-11)19-13-7-8-13/h3-6,9,13,15,18H,7-8H2,1-2H3. The summed E-state index contributed by atoms with van der Waals surface area (Å²) in [5, 5.41) is 6.32. The lowest BCUT2D eigenvalue weighted by Crippen LogP contribution is -2.16. The zero-order valence-electron chi connectivity index (χ0n) is 11.7. The van der Waals surface area contributed by atoms with Crippen molar-refractivity contribution >= 4 is 22.9 Å².